The van der Waals surface area contributed by atoms with Gasteiger partial charge in [-0.15, -0.1) is 0 Å². The zero-order valence-electron chi connectivity index (χ0n) is 8.44. The van der Waals surface area contributed by atoms with Crippen LogP contribution in [0.2, 0.25) is 0 Å². The molecule has 6 heteroatoms. The number of rotatable bonds is 5. The van der Waals surface area contributed by atoms with Crippen LogP contribution in [0.15, 0.2) is 18.2 Å². The van der Waals surface area contributed by atoms with Crippen LogP contribution in [-0.2, 0) is 0 Å². The van der Waals surface area contributed by atoms with E-state index in [2.05, 4.69) is 4.74 Å². The van der Waals surface area contributed by atoms with Crippen LogP contribution in [-0.4, -0.2) is 24.3 Å². The van der Waals surface area contributed by atoms with E-state index in [9.17, 15) is 13.6 Å². The Morgan fingerprint density at radius 1 is 1.50 bits per heavy atom. The quantitative estimate of drug-likeness (QED) is 0.846. The van der Waals surface area contributed by atoms with Crippen LogP contribution in [0, 0.1) is 0 Å². The molecule has 1 aromatic rings. The molecular weight excluding hydrogens is 222 g/mol. The van der Waals surface area contributed by atoms with Crippen molar-refractivity contribution in [3.63, 3.8) is 0 Å². The number of ether oxygens (including phenoxy) is 2. The Bertz CT molecular complexity index is 379. The van der Waals surface area contributed by atoms with E-state index in [4.69, 9.17) is 9.84 Å². The molecule has 0 aromatic heterocycles. The van der Waals surface area contributed by atoms with Gasteiger partial charge >= 0.3 is 12.6 Å². The summed E-state index contributed by atoms with van der Waals surface area (Å²) in [5.74, 6) is -1.32. The maximum atomic E-state index is 11.9. The van der Waals surface area contributed by atoms with E-state index in [-0.39, 0.29) is 23.7 Å². The Hall–Kier alpha value is -1.85. The van der Waals surface area contributed by atoms with E-state index < -0.39 is 12.6 Å². The Morgan fingerprint density at radius 3 is 2.69 bits per heavy atom. The lowest BCUT2D eigenvalue weighted by atomic mass is 10.2. The van der Waals surface area contributed by atoms with Gasteiger partial charge in [-0.05, 0) is 19.1 Å². The third-order valence-electron chi connectivity index (χ3n) is 1.71. The van der Waals surface area contributed by atoms with Gasteiger partial charge in [0.25, 0.3) is 0 Å². The number of benzene rings is 1. The van der Waals surface area contributed by atoms with Gasteiger partial charge in [-0.1, -0.05) is 0 Å². The van der Waals surface area contributed by atoms with Gasteiger partial charge in [0, 0.05) is 6.07 Å². The molecule has 0 aliphatic heterocycles. The fourth-order valence-corrected chi connectivity index (χ4v) is 1.13. The van der Waals surface area contributed by atoms with E-state index in [1.165, 1.54) is 0 Å². The summed E-state index contributed by atoms with van der Waals surface area (Å²) in [6.45, 7) is -1.06. The number of carbonyl (C=O) groups is 1. The van der Waals surface area contributed by atoms with E-state index in [0.717, 1.165) is 18.2 Å². The Morgan fingerprint density at radius 2 is 2.19 bits per heavy atom. The van der Waals surface area contributed by atoms with Crippen LogP contribution in [0.5, 0.6) is 11.5 Å². The second-order valence-electron chi connectivity index (χ2n) is 2.77. The summed E-state index contributed by atoms with van der Waals surface area (Å²) in [6.07, 6.45) is 0. The van der Waals surface area contributed by atoms with Gasteiger partial charge in [-0.2, -0.15) is 8.78 Å². The summed E-state index contributed by atoms with van der Waals surface area (Å²) in [6, 6.07) is 3.43. The number of hydrogen-bond donors (Lipinski definition) is 1. The van der Waals surface area contributed by atoms with Crippen LogP contribution in [0.1, 0.15) is 17.3 Å². The first-order valence-corrected chi connectivity index (χ1v) is 4.49. The average molecular weight is 232 g/mol. The van der Waals surface area contributed by atoms with Crippen molar-refractivity contribution in [2.45, 2.75) is 13.5 Å². The molecule has 0 heterocycles. The summed E-state index contributed by atoms with van der Waals surface area (Å²) in [7, 11) is 0. The van der Waals surface area contributed by atoms with Crippen molar-refractivity contribution in [3.8, 4) is 11.5 Å². The summed E-state index contributed by atoms with van der Waals surface area (Å²) in [4.78, 5) is 10.8. The maximum Gasteiger partial charge on any atom is 0.387 e. The molecule has 1 aromatic carbocycles. The monoisotopic (exact) mass is 232 g/mol. The van der Waals surface area contributed by atoms with Crippen molar-refractivity contribution in [1.29, 1.82) is 0 Å². The number of hydrogen-bond acceptors (Lipinski definition) is 3. The number of aromatic carboxylic acids is 1. The van der Waals surface area contributed by atoms with E-state index in [1.807, 2.05) is 0 Å². The van der Waals surface area contributed by atoms with Crippen LogP contribution in [0.4, 0.5) is 8.78 Å². The van der Waals surface area contributed by atoms with Crippen LogP contribution < -0.4 is 9.47 Å². The second-order valence-corrected chi connectivity index (χ2v) is 2.77. The molecule has 0 atom stereocenters. The third-order valence-corrected chi connectivity index (χ3v) is 1.71. The number of alkyl halides is 2. The smallest absolute Gasteiger partial charge is 0.387 e. The van der Waals surface area contributed by atoms with E-state index in [1.54, 1.807) is 6.92 Å². The minimum atomic E-state index is -2.95. The van der Waals surface area contributed by atoms with Gasteiger partial charge in [-0.3, -0.25) is 0 Å². The summed E-state index contributed by atoms with van der Waals surface area (Å²) >= 11 is 0. The van der Waals surface area contributed by atoms with Gasteiger partial charge < -0.3 is 14.6 Å². The molecule has 88 valence electrons. The van der Waals surface area contributed by atoms with Gasteiger partial charge in [0.2, 0.25) is 0 Å². The molecule has 0 aliphatic carbocycles. The summed E-state index contributed by atoms with van der Waals surface area (Å²) < 4.78 is 33.0. The van der Waals surface area contributed by atoms with Crippen molar-refractivity contribution < 1.29 is 28.2 Å². The fraction of sp³-hybridized carbons (Fsp3) is 0.300. The van der Waals surface area contributed by atoms with Crippen molar-refractivity contribution >= 4 is 5.97 Å². The zero-order chi connectivity index (χ0) is 12.1. The highest BCUT2D eigenvalue weighted by Crippen LogP contribution is 2.26. The molecule has 1 rings (SSSR count). The van der Waals surface area contributed by atoms with Crippen molar-refractivity contribution in [2.75, 3.05) is 6.61 Å². The number of halogens is 2. The molecule has 1 N–H and O–H groups in total. The molecule has 0 saturated heterocycles. The lowest BCUT2D eigenvalue weighted by Crippen LogP contribution is -2.05. The average Bonchev–Trinajstić information content (AvgIpc) is 2.17. The van der Waals surface area contributed by atoms with Gasteiger partial charge in [0.15, 0.2) is 0 Å². The minimum Gasteiger partial charge on any atom is -0.493 e. The first kappa shape index (κ1) is 12.2. The molecule has 16 heavy (non-hydrogen) atoms. The molecule has 0 saturated carbocycles. The molecule has 0 spiro atoms. The molecule has 0 amide bonds. The fourth-order valence-electron chi connectivity index (χ4n) is 1.13. The minimum absolute atomic E-state index is 0.00755. The summed E-state index contributed by atoms with van der Waals surface area (Å²) in [5.41, 5.74) is -0.0940. The highest BCUT2D eigenvalue weighted by atomic mass is 19.3. The predicted molar refractivity (Wildman–Crippen MR) is 51.2 cm³/mol. The molecule has 4 nitrogen and oxygen atoms in total. The normalized spacial score (nSPS) is 10.2. The van der Waals surface area contributed by atoms with E-state index >= 15 is 0 Å². The Kier molecular flexibility index (Phi) is 4.04. The maximum absolute atomic E-state index is 11.9. The van der Waals surface area contributed by atoms with Gasteiger partial charge in [0.05, 0.1) is 6.61 Å². The zero-order valence-corrected chi connectivity index (χ0v) is 8.44. The van der Waals surface area contributed by atoms with Crippen molar-refractivity contribution in [1.82, 2.24) is 0 Å². The van der Waals surface area contributed by atoms with Crippen LogP contribution >= 0.6 is 0 Å². The predicted octanol–water partition coefficient (Wildman–Crippen LogP) is 2.38. The van der Waals surface area contributed by atoms with Crippen LogP contribution in [0.3, 0.4) is 0 Å². The molecule has 0 bridgehead atoms. The Labute approximate surface area is 90.4 Å². The molecular formula is C10H10F2O4. The molecule has 0 unspecified atom stereocenters. The molecule has 0 radical (unpaired) electrons. The van der Waals surface area contributed by atoms with E-state index in [0.29, 0.717) is 0 Å². The highest BCUT2D eigenvalue weighted by molar-refractivity contribution is 5.91. The number of carboxylic acids is 1. The summed E-state index contributed by atoms with van der Waals surface area (Å²) in [5, 5.41) is 8.80. The van der Waals surface area contributed by atoms with Gasteiger partial charge in [0.1, 0.15) is 17.1 Å². The number of carboxylic acid groups (broad SMARTS) is 1. The highest BCUT2D eigenvalue weighted by Gasteiger charge is 2.13. The standard InChI is InChI=1S/C10H10F2O4/c1-2-15-8-5-6(16-10(11)12)3-4-7(8)9(13)14/h3-5,10H,2H2,1H3,(H,13,14). The second kappa shape index (κ2) is 5.29. The first-order valence-electron chi connectivity index (χ1n) is 4.49. The molecule has 0 fully saturated rings. The van der Waals surface area contributed by atoms with Crippen molar-refractivity contribution in [2.24, 2.45) is 0 Å². The lowest BCUT2D eigenvalue weighted by Gasteiger charge is -2.10. The van der Waals surface area contributed by atoms with Crippen LogP contribution in [0.25, 0.3) is 0 Å². The topological polar surface area (TPSA) is 55.8 Å². The lowest BCUT2D eigenvalue weighted by molar-refractivity contribution is -0.0499. The SMILES string of the molecule is CCOc1cc(OC(F)F)ccc1C(=O)O. The van der Waals surface area contributed by atoms with Gasteiger partial charge in [-0.25, -0.2) is 4.79 Å². The Balaban J connectivity index is 3.02. The molecule has 0 aliphatic rings. The first-order chi connectivity index (χ1) is 7.54. The largest absolute Gasteiger partial charge is 0.493 e. The third kappa shape index (κ3) is 3.08. The van der Waals surface area contributed by atoms with Crippen molar-refractivity contribution in [3.05, 3.63) is 23.8 Å².